The van der Waals surface area contributed by atoms with Crippen molar-refractivity contribution < 1.29 is 28.7 Å². The van der Waals surface area contributed by atoms with Crippen LogP contribution >= 0.6 is 11.3 Å². The summed E-state index contributed by atoms with van der Waals surface area (Å²) in [6.45, 7) is 0.862. The second-order valence-corrected chi connectivity index (χ2v) is 6.94. The molecule has 0 aliphatic rings. The first-order chi connectivity index (χ1) is 14.3. The predicted molar refractivity (Wildman–Crippen MR) is 112 cm³/mol. The van der Waals surface area contributed by atoms with Gasteiger partial charge in [0.1, 0.15) is 16.8 Å². The van der Waals surface area contributed by atoms with Crippen molar-refractivity contribution in [3.05, 3.63) is 52.9 Å². The van der Waals surface area contributed by atoms with E-state index in [1.165, 1.54) is 19.1 Å². The van der Waals surface area contributed by atoms with Gasteiger partial charge < -0.3 is 25.8 Å². The van der Waals surface area contributed by atoms with Gasteiger partial charge in [0.05, 0.1) is 12.7 Å². The molecule has 2 aromatic rings. The summed E-state index contributed by atoms with van der Waals surface area (Å²) in [6.07, 6.45) is 2.86. The normalized spacial score (nSPS) is 11.5. The average Bonchev–Trinajstić information content (AvgIpc) is 3.19. The van der Waals surface area contributed by atoms with E-state index in [0.29, 0.717) is 5.75 Å². The Labute approximate surface area is 176 Å². The smallest absolute Gasteiger partial charge is 0.328 e. The standard InChI is InChI=1S/C20H21N3O6S/c1-12(22-16(24)8-5-13-3-6-14(28-2)7-4-13)20(27)29-11-17(25)23-19-15(18(21)26)9-10-30-19/h3-10,12H,11H2,1-2H3,(H2,21,26)(H,22,24)(H,23,25)/b8-5+/t12-/m1/s1. The molecule has 0 spiro atoms. The minimum Gasteiger partial charge on any atom is -0.497 e. The Balaban J connectivity index is 1.78. The summed E-state index contributed by atoms with van der Waals surface area (Å²) in [7, 11) is 1.56. The van der Waals surface area contributed by atoms with Crippen LogP contribution in [0.2, 0.25) is 0 Å². The topological polar surface area (TPSA) is 137 Å². The van der Waals surface area contributed by atoms with Crippen LogP contribution in [0.25, 0.3) is 6.08 Å². The number of carbonyl (C=O) groups excluding carboxylic acids is 4. The van der Waals surface area contributed by atoms with E-state index in [-0.39, 0.29) is 10.6 Å². The summed E-state index contributed by atoms with van der Waals surface area (Å²) in [5.74, 6) is -1.89. The lowest BCUT2D eigenvalue weighted by atomic mass is 10.2. The second-order valence-electron chi connectivity index (χ2n) is 6.02. The van der Waals surface area contributed by atoms with Crippen LogP contribution in [0.15, 0.2) is 41.8 Å². The fourth-order valence-electron chi connectivity index (χ4n) is 2.23. The van der Waals surface area contributed by atoms with Gasteiger partial charge in [0.25, 0.3) is 11.8 Å². The van der Waals surface area contributed by atoms with Crippen LogP contribution in [0.3, 0.4) is 0 Å². The van der Waals surface area contributed by atoms with Crippen LogP contribution in [0.1, 0.15) is 22.8 Å². The molecule has 9 nitrogen and oxygen atoms in total. The van der Waals surface area contributed by atoms with Crippen molar-refractivity contribution >= 4 is 46.1 Å². The summed E-state index contributed by atoms with van der Waals surface area (Å²) in [4.78, 5) is 47.1. The molecular weight excluding hydrogens is 410 g/mol. The number of amides is 3. The number of nitrogens with one attached hydrogen (secondary N) is 2. The first-order valence-corrected chi connectivity index (χ1v) is 9.64. The first kappa shape index (κ1) is 22.6. The van der Waals surface area contributed by atoms with Gasteiger partial charge in [0, 0.05) is 6.08 Å². The zero-order valence-corrected chi connectivity index (χ0v) is 17.2. The Morgan fingerprint density at radius 2 is 1.87 bits per heavy atom. The average molecular weight is 431 g/mol. The molecule has 1 aromatic carbocycles. The molecular formula is C20H21N3O6S. The summed E-state index contributed by atoms with van der Waals surface area (Å²) in [6, 6.07) is 7.57. The van der Waals surface area contributed by atoms with Crippen LogP contribution in [0, 0.1) is 0 Å². The zero-order valence-electron chi connectivity index (χ0n) is 16.3. The second kappa shape index (κ2) is 10.8. The number of carbonyl (C=O) groups is 4. The van der Waals surface area contributed by atoms with Crippen LogP contribution in [0.4, 0.5) is 5.00 Å². The summed E-state index contributed by atoms with van der Waals surface area (Å²) < 4.78 is 9.94. The summed E-state index contributed by atoms with van der Waals surface area (Å²) >= 11 is 1.12. The van der Waals surface area contributed by atoms with E-state index in [0.717, 1.165) is 16.9 Å². The van der Waals surface area contributed by atoms with E-state index in [1.54, 1.807) is 42.8 Å². The number of ether oxygens (including phenoxy) is 2. The molecule has 0 saturated carbocycles. The van der Waals surface area contributed by atoms with Crippen LogP contribution < -0.4 is 21.1 Å². The maximum atomic E-state index is 12.0. The molecule has 1 heterocycles. The van der Waals surface area contributed by atoms with Gasteiger partial charge in [0.2, 0.25) is 5.91 Å². The van der Waals surface area contributed by atoms with Crippen molar-refractivity contribution in [2.75, 3.05) is 19.0 Å². The molecule has 0 bridgehead atoms. The lowest BCUT2D eigenvalue weighted by Crippen LogP contribution is -2.39. The van der Waals surface area contributed by atoms with Gasteiger partial charge in [0.15, 0.2) is 6.61 Å². The lowest BCUT2D eigenvalue weighted by Gasteiger charge is -2.12. The van der Waals surface area contributed by atoms with E-state index in [1.807, 2.05) is 0 Å². The van der Waals surface area contributed by atoms with Gasteiger partial charge in [-0.1, -0.05) is 12.1 Å². The van der Waals surface area contributed by atoms with Gasteiger partial charge in [-0.25, -0.2) is 4.79 Å². The number of thiophene rings is 1. The summed E-state index contributed by atoms with van der Waals surface area (Å²) in [5, 5.41) is 6.77. The Morgan fingerprint density at radius 1 is 1.17 bits per heavy atom. The van der Waals surface area contributed by atoms with Gasteiger partial charge >= 0.3 is 5.97 Å². The van der Waals surface area contributed by atoms with Crippen molar-refractivity contribution in [2.45, 2.75) is 13.0 Å². The maximum absolute atomic E-state index is 12.0. The molecule has 2 rings (SSSR count). The number of methoxy groups -OCH3 is 1. The van der Waals surface area contributed by atoms with E-state index < -0.39 is 36.3 Å². The Morgan fingerprint density at radius 3 is 2.50 bits per heavy atom. The third-order valence-electron chi connectivity index (χ3n) is 3.78. The van der Waals surface area contributed by atoms with Crippen LogP contribution in [-0.4, -0.2) is 43.4 Å². The highest BCUT2D eigenvalue weighted by Crippen LogP contribution is 2.22. The molecule has 0 aliphatic heterocycles. The molecule has 4 N–H and O–H groups in total. The molecule has 0 saturated heterocycles. The number of benzene rings is 1. The van der Waals surface area contributed by atoms with E-state index in [4.69, 9.17) is 15.2 Å². The van der Waals surface area contributed by atoms with Crippen molar-refractivity contribution in [3.63, 3.8) is 0 Å². The Kier molecular flexibility index (Phi) is 8.12. The van der Waals surface area contributed by atoms with Crippen molar-refractivity contribution in [1.82, 2.24) is 5.32 Å². The Hall–Kier alpha value is -3.66. The van der Waals surface area contributed by atoms with E-state index in [9.17, 15) is 19.2 Å². The molecule has 158 valence electrons. The van der Waals surface area contributed by atoms with Gasteiger partial charge in [-0.3, -0.25) is 14.4 Å². The lowest BCUT2D eigenvalue weighted by molar-refractivity contribution is -0.149. The molecule has 10 heteroatoms. The number of anilines is 1. The van der Waals surface area contributed by atoms with Gasteiger partial charge in [-0.05, 0) is 42.1 Å². The number of rotatable bonds is 9. The summed E-state index contributed by atoms with van der Waals surface area (Å²) in [5.41, 5.74) is 6.15. The highest BCUT2D eigenvalue weighted by atomic mass is 32.1. The number of hydrogen-bond donors (Lipinski definition) is 3. The van der Waals surface area contributed by atoms with E-state index in [2.05, 4.69) is 10.6 Å². The molecule has 0 aliphatic carbocycles. The number of esters is 1. The maximum Gasteiger partial charge on any atom is 0.328 e. The fraction of sp³-hybridized carbons (Fsp3) is 0.200. The molecule has 0 radical (unpaired) electrons. The van der Waals surface area contributed by atoms with Gasteiger partial charge in [-0.2, -0.15) is 0 Å². The van der Waals surface area contributed by atoms with Crippen LogP contribution in [0.5, 0.6) is 5.75 Å². The molecule has 0 fully saturated rings. The highest BCUT2D eigenvalue weighted by molar-refractivity contribution is 7.14. The SMILES string of the molecule is COc1ccc(/C=C/C(=O)N[C@H](C)C(=O)OCC(=O)Nc2sccc2C(N)=O)cc1. The zero-order chi connectivity index (χ0) is 22.1. The monoisotopic (exact) mass is 431 g/mol. The predicted octanol–water partition coefficient (Wildman–Crippen LogP) is 1.56. The highest BCUT2D eigenvalue weighted by Gasteiger charge is 2.18. The van der Waals surface area contributed by atoms with Crippen LogP contribution in [-0.2, 0) is 19.1 Å². The number of primary amides is 1. The fourth-order valence-corrected chi connectivity index (χ4v) is 3.04. The third kappa shape index (κ3) is 6.74. The molecule has 30 heavy (non-hydrogen) atoms. The van der Waals surface area contributed by atoms with Crippen molar-refractivity contribution in [2.24, 2.45) is 5.73 Å². The minimum atomic E-state index is -0.964. The molecule has 0 unspecified atom stereocenters. The van der Waals surface area contributed by atoms with E-state index >= 15 is 0 Å². The van der Waals surface area contributed by atoms with Crippen molar-refractivity contribution in [1.29, 1.82) is 0 Å². The largest absolute Gasteiger partial charge is 0.497 e. The molecule has 1 aromatic heterocycles. The molecule has 1 atom stereocenters. The quantitative estimate of drug-likeness (QED) is 0.407. The van der Waals surface area contributed by atoms with Gasteiger partial charge in [-0.15, -0.1) is 11.3 Å². The minimum absolute atomic E-state index is 0.170. The number of nitrogens with two attached hydrogens (primary N) is 1. The van der Waals surface area contributed by atoms with Crippen molar-refractivity contribution in [3.8, 4) is 5.75 Å². The number of hydrogen-bond acceptors (Lipinski definition) is 7. The Bertz CT molecular complexity index is 952. The molecule has 3 amide bonds. The first-order valence-electron chi connectivity index (χ1n) is 8.76. The third-order valence-corrected chi connectivity index (χ3v) is 4.61.